The smallest absolute Gasteiger partial charge is 0.224 e. The van der Waals surface area contributed by atoms with Gasteiger partial charge in [0.05, 0.1) is 23.8 Å². The summed E-state index contributed by atoms with van der Waals surface area (Å²) in [5.41, 5.74) is 3.11. The number of fused-ring (bicyclic) bond motifs is 1. The number of nitrogens with one attached hydrogen (secondary N) is 2. The monoisotopic (exact) mass is 391 g/mol. The molecule has 0 aliphatic heterocycles. The molecule has 2 heterocycles. The first-order valence-corrected chi connectivity index (χ1v) is 10.2. The first kappa shape index (κ1) is 19.6. The number of amides is 1. The summed E-state index contributed by atoms with van der Waals surface area (Å²) in [4.78, 5) is 19.7. The topological polar surface area (TPSA) is 73.9 Å². The van der Waals surface area contributed by atoms with Crippen molar-refractivity contribution in [2.45, 2.75) is 31.7 Å². The molecular weight excluding hydrogens is 362 g/mol. The SMILES string of the molecule is C[C@H]1C(C(=O)NC[C@H](Cc2cc3cn[nH]c3cn2)N(C)C)[C@]1(C)c1ccccc1. The fraction of sp³-hybridized carbons (Fsp3) is 0.435. The highest BCUT2D eigenvalue weighted by Crippen LogP contribution is 2.59. The molecule has 0 spiro atoms. The van der Waals surface area contributed by atoms with E-state index in [1.165, 1.54) is 5.56 Å². The second-order valence-electron chi connectivity index (χ2n) is 8.61. The maximum atomic E-state index is 13.0. The molecule has 1 saturated carbocycles. The number of carbonyl (C=O) groups is 1. The summed E-state index contributed by atoms with van der Waals surface area (Å²) in [7, 11) is 4.09. The van der Waals surface area contributed by atoms with E-state index >= 15 is 0 Å². The van der Waals surface area contributed by atoms with Crippen LogP contribution in [0, 0.1) is 11.8 Å². The molecule has 6 nitrogen and oxygen atoms in total. The van der Waals surface area contributed by atoms with Gasteiger partial charge in [-0.05, 0) is 31.6 Å². The summed E-state index contributed by atoms with van der Waals surface area (Å²) >= 11 is 0. The molecule has 0 saturated heterocycles. The lowest BCUT2D eigenvalue weighted by atomic mass is 9.94. The van der Waals surface area contributed by atoms with Crippen LogP contribution in [0.15, 0.2) is 48.8 Å². The summed E-state index contributed by atoms with van der Waals surface area (Å²) in [6.07, 6.45) is 4.40. The van der Waals surface area contributed by atoms with Crippen LogP contribution in [0.3, 0.4) is 0 Å². The summed E-state index contributed by atoms with van der Waals surface area (Å²) in [6.45, 7) is 4.97. The van der Waals surface area contributed by atoms with Gasteiger partial charge in [0, 0.05) is 35.5 Å². The molecule has 1 aromatic carbocycles. The van der Waals surface area contributed by atoms with Crippen LogP contribution in [0.2, 0.25) is 0 Å². The molecule has 3 aromatic rings. The van der Waals surface area contributed by atoms with Gasteiger partial charge < -0.3 is 10.2 Å². The number of likely N-dealkylation sites (N-methyl/N-ethyl adjacent to an activating group) is 1. The molecule has 0 radical (unpaired) electrons. The fourth-order valence-electron chi connectivity index (χ4n) is 4.47. The number of aromatic nitrogens is 3. The van der Waals surface area contributed by atoms with Gasteiger partial charge in [0.2, 0.25) is 5.91 Å². The molecular formula is C23H29N5O. The number of carbonyl (C=O) groups excluding carboxylic acids is 1. The highest BCUT2D eigenvalue weighted by molar-refractivity contribution is 5.85. The van der Waals surface area contributed by atoms with Crippen LogP contribution >= 0.6 is 0 Å². The number of rotatable bonds is 7. The van der Waals surface area contributed by atoms with E-state index in [1.54, 1.807) is 0 Å². The van der Waals surface area contributed by atoms with Crippen molar-refractivity contribution in [2.75, 3.05) is 20.6 Å². The Labute approximate surface area is 171 Å². The van der Waals surface area contributed by atoms with Crippen LogP contribution in [-0.4, -0.2) is 52.7 Å². The van der Waals surface area contributed by atoms with Crippen LogP contribution in [0.4, 0.5) is 0 Å². The van der Waals surface area contributed by atoms with Gasteiger partial charge in [-0.25, -0.2) is 0 Å². The number of hydrogen-bond donors (Lipinski definition) is 2. The van der Waals surface area contributed by atoms with Gasteiger partial charge in [0.25, 0.3) is 0 Å². The zero-order chi connectivity index (χ0) is 20.6. The van der Waals surface area contributed by atoms with Crippen molar-refractivity contribution < 1.29 is 4.79 Å². The van der Waals surface area contributed by atoms with Crippen LogP contribution in [0.25, 0.3) is 10.9 Å². The lowest BCUT2D eigenvalue weighted by Crippen LogP contribution is -2.42. The number of aromatic amines is 1. The number of nitrogens with zero attached hydrogens (tertiary/aromatic N) is 3. The Morgan fingerprint density at radius 2 is 2.03 bits per heavy atom. The summed E-state index contributed by atoms with van der Waals surface area (Å²) < 4.78 is 0. The average molecular weight is 392 g/mol. The van der Waals surface area contributed by atoms with E-state index in [9.17, 15) is 4.79 Å². The quantitative estimate of drug-likeness (QED) is 0.650. The third kappa shape index (κ3) is 3.65. The minimum absolute atomic E-state index is 0.0214. The maximum Gasteiger partial charge on any atom is 0.224 e. The first-order valence-electron chi connectivity index (χ1n) is 10.2. The highest BCUT2D eigenvalue weighted by atomic mass is 16.2. The van der Waals surface area contributed by atoms with Crippen molar-refractivity contribution in [3.05, 3.63) is 60.0 Å². The second-order valence-corrected chi connectivity index (χ2v) is 8.61. The minimum Gasteiger partial charge on any atom is -0.354 e. The van der Waals surface area contributed by atoms with Crippen molar-refractivity contribution in [2.24, 2.45) is 11.8 Å². The van der Waals surface area contributed by atoms with Gasteiger partial charge in [-0.3, -0.25) is 14.9 Å². The van der Waals surface area contributed by atoms with Gasteiger partial charge in [0.1, 0.15) is 0 Å². The van der Waals surface area contributed by atoms with Crippen molar-refractivity contribution >= 4 is 16.8 Å². The number of hydrogen-bond acceptors (Lipinski definition) is 4. The van der Waals surface area contributed by atoms with E-state index in [1.807, 2.05) is 44.7 Å². The molecule has 1 aliphatic rings. The molecule has 2 aromatic heterocycles. The van der Waals surface area contributed by atoms with Crippen LogP contribution in [0.1, 0.15) is 25.1 Å². The van der Waals surface area contributed by atoms with E-state index < -0.39 is 0 Å². The molecule has 6 heteroatoms. The summed E-state index contributed by atoms with van der Waals surface area (Å²) in [6, 6.07) is 12.6. The van der Waals surface area contributed by atoms with Crippen molar-refractivity contribution in [1.29, 1.82) is 0 Å². The number of benzene rings is 1. The third-order valence-corrected chi connectivity index (χ3v) is 6.73. The summed E-state index contributed by atoms with van der Waals surface area (Å²) in [5.74, 6) is 0.509. The lowest BCUT2D eigenvalue weighted by molar-refractivity contribution is -0.123. The molecule has 1 amide bonds. The van der Waals surface area contributed by atoms with Crippen molar-refractivity contribution in [1.82, 2.24) is 25.4 Å². The van der Waals surface area contributed by atoms with E-state index in [4.69, 9.17) is 0 Å². The summed E-state index contributed by atoms with van der Waals surface area (Å²) in [5, 5.41) is 11.2. The molecule has 1 aliphatic carbocycles. The Morgan fingerprint density at radius 3 is 2.76 bits per heavy atom. The van der Waals surface area contributed by atoms with Crippen LogP contribution in [-0.2, 0) is 16.6 Å². The Balaban J connectivity index is 1.40. The van der Waals surface area contributed by atoms with Crippen LogP contribution in [0.5, 0.6) is 0 Å². The van der Waals surface area contributed by atoms with E-state index in [0.29, 0.717) is 12.5 Å². The lowest BCUT2D eigenvalue weighted by Gasteiger charge is -2.24. The molecule has 4 atom stereocenters. The first-order chi connectivity index (χ1) is 13.9. The maximum absolute atomic E-state index is 13.0. The molecule has 1 fully saturated rings. The Bertz CT molecular complexity index is 999. The molecule has 29 heavy (non-hydrogen) atoms. The highest BCUT2D eigenvalue weighted by Gasteiger charge is 2.62. The van der Waals surface area contributed by atoms with Gasteiger partial charge in [-0.15, -0.1) is 0 Å². The standard InChI is InChI=1S/C23H29N5O/c1-15-21(23(15,2)17-8-6-5-7-9-17)22(29)25-13-19(28(3)4)11-18-10-16-12-26-27-20(16)14-24-18/h5-10,12,14-15,19,21H,11,13H2,1-4H3,(H,25,29)(H,26,27)/t15-,19-,21?,23-/m0/s1. The normalized spacial score (nSPS) is 24.6. The predicted molar refractivity (Wildman–Crippen MR) is 115 cm³/mol. The second kappa shape index (κ2) is 7.59. The Kier molecular flexibility index (Phi) is 5.13. The molecule has 2 N–H and O–H groups in total. The van der Waals surface area contributed by atoms with E-state index in [-0.39, 0.29) is 23.3 Å². The van der Waals surface area contributed by atoms with E-state index in [0.717, 1.165) is 23.0 Å². The Hall–Kier alpha value is -2.73. The average Bonchev–Trinajstić information content (AvgIpc) is 3.05. The van der Waals surface area contributed by atoms with Gasteiger partial charge >= 0.3 is 0 Å². The van der Waals surface area contributed by atoms with Gasteiger partial charge in [-0.1, -0.05) is 44.2 Å². The van der Waals surface area contributed by atoms with Gasteiger partial charge in [-0.2, -0.15) is 5.10 Å². The molecule has 4 rings (SSSR count). The van der Waals surface area contributed by atoms with Crippen LogP contribution < -0.4 is 5.32 Å². The zero-order valence-electron chi connectivity index (χ0n) is 17.5. The van der Waals surface area contributed by atoms with Gasteiger partial charge in [0.15, 0.2) is 0 Å². The fourth-order valence-corrected chi connectivity index (χ4v) is 4.47. The minimum atomic E-state index is -0.0766. The predicted octanol–water partition coefficient (Wildman–Crippen LogP) is 2.77. The van der Waals surface area contributed by atoms with Crippen molar-refractivity contribution in [3.63, 3.8) is 0 Å². The zero-order valence-corrected chi connectivity index (χ0v) is 17.5. The molecule has 1 unspecified atom stereocenters. The van der Waals surface area contributed by atoms with E-state index in [2.05, 4.69) is 57.4 Å². The molecule has 152 valence electrons. The largest absolute Gasteiger partial charge is 0.354 e. The number of H-pyrrole nitrogens is 1. The number of pyridine rings is 1. The third-order valence-electron chi connectivity index (χ3n) is 6.73. The van der Waals surface area contributed by atoms with Crippen molar-refractivity contribution in [3.8, 4) is 0 Å². The Morgan fingerprint density at radius 1 is 1.28 bits per heavy atom. The molecule has 0 bridgehead atoms.